The third kappa shape index (κ3) is 4.87. The zero-order valence-electron chi connectivity index (χ0n) is 11.5. The van der Waals surface area contributed by atoms with Crippen LogP contribution in [0.3, 0.4) is 0 Å². The molecule has 0 atom stereocenters. The molecule has 0 saturated heterocycles. The van der Waals surface area contributed by atoms with Crippen LogP contribution in [0, 0.1) is 0 Å². The molecule has 5 heteroatoms. The molecule has 0 fully saturated rings. The molecule has 0 bridgehead atoms. The van der Waals surface area contributed by atoms with Gasteiger partial charge in [-0.3, -0.25) is 9.48 Å². The van der Waals surface area contributed by atoms with Gasteiger partial charge in [0.2, 0.25) is 0 Å². The molecule has 1 aromatic rings. The molecule has 0 aliphatic carbocycles. The summed E-state index contributed by atoms with van der Waals surface area (Å²) in [6, 6.07) is 0. The molecule has 0 aromatic carbocycles. The van der Waals surface area contributed by atoms with Gasteiger partial charge in [-0.2, -0.15) is 5.10 Å². The van der Waals surface area contributed by atoms with Crippen molar-refractivity contribution in [3.63, 3.8) is 0 Å². The number of rotatable bonds is 8. The van der Waals surface area contributed by atoms with Gasteiger partial charge in [-0.25, -0.2) is 0 Å². The molecular weight excluding hydrogens is 230 g/mol. The van der Waals surface area contributed by atoms with Crippen LogP contribution in [0.15, 0.2) is 6.20 Å². The smallest absolute Gasteiger partial charge is 0.305 e. The summed E-state index contributed by atoms with van der Waals surface area (Å²) in [4.78, 5) is 11.1. The van der Waals surface area contributed by atoms with Gasteiger partial charge in [-0.05, 0) is 26.3 Å². The zero-order chi connectivity index (χ0) is 13.4. The van der Waals surface area contributed by atoms with Crippen LogP contribution in [0.25, 0.3) is 0 Å². The number of nitrogens with zero attached hydrogens (tertiary/aromatic N) is 2. The van der Waals surface area contributed by atoms with E-state index in [0.717, 1.165) is 31.6 Å². The van der Waals surface area contributed by atoms with Crippen molar-refractivity contribution >= 4 is 5.97 Å². The normalized spacial score (nSPS) is 10.6. The first-order valence-corrected chi connectivity index (χ1v) is 6.55. The van der Waals surface area contributed by atoms with Crippen LogP contribution in [-0.2, 0) is 29.5 Å². The average Bonchev–Trinajstić information content (AvgIpc) is 2.69. The number of aromatic nitrogens is 2. The van der Waals surface area contributed by atoms with E-state index in [0.29, 0.717) is 13.0 Å². The van der Waals surface area contributed by atoms with Crippen molar-refractivity contribution in [3.05, 3.63) is 17.5 Å². The number of hydrogen-bond acceptors (Lipinski definition) is 4. The molecule has 0 aliphatic rings. The first-order valence-electron chi connectivity index (χ1n) is 6.55. The second kappa shape index (κ2) is 7.87. The maximum Gasteiger partial charge on any atom is 0.305 e. The molecular formula is C13H23N3O2. The lowest BCUT2D eigenvalue weighted by Gasteiger charge is -2.04. The van der Waals surface area contributed by atoms with E-state index < -0.39 is 0 Å². The molecule has 0 spiro atoms. The Hall–Kier alpha value is -1.36. The Morgan fingerprint density at radius 2 is 2.28 bits per heavy atom. The van der Waals surface area contributed by atoms with Crippen molar-refractivity contribution in [2.24, 2.45) is 7.05 Å². The van der Waals surface area contributed by atoms with E-state index in [1.165, 1.54) is 5.56 Å². The van der Waals surface area contributed by atoms with Gasteiger partial charge in [0.25, 0.3) is 0 Å². The Morgan fingerprint density at radius 1 is 1.50 bits per heavy atom. The number of nitrogens with one attached hydrogen (secondary N) is 1. The fourth-order valence-electron chi connectivity index (χ4n) is 1.84. The van der Waals surface area contributed by atoms with E-state index in [1.807, 2.05) is 24.9 Å². The second-order valence-corrected chi connectivity index (χ2v) is 4.21. The average molecular weight is 253 g/mol. The predicted octanol–water partition coefficient (Wildman–Crippen LogP) is 1.42. The molecule has 0 amide bonds. The van der Waals surface area contributed by atoms with E-state index in [2.05, 4.69) is 17.3 Å². The van der Waals surface area contributed by atoms with Crippen LogP contribution in [0.5, 0.6) is 0 Å². The maximum absolute atomic E-state index is 11.1. The third-order valence-corrected chi connectivity index (χ3v) is 2.68. The summed E-state index contributed by atoms with van der Waals surface area (Å²) < 4.78 is 6.71. The number of esters is 1. The highest BCUT2D eigenvalue weighted by Gasteiger charge is 2.05. The fourth-order valence-corrected chi connectivity index (χ4v) is 1.84. The Labute approximate surface area is 109 Å². The number of carbonyl (C=O) groups is 1. The molecule has 0 radical (unpaired) electrons. The van der Waals surface area contributed by atoms with Crippen molar-refractivity contribution in [2.45, 2.75) is 39.7 Å². The van der Waals surface area contributed by atoms with E-state index in [1.54, 1.807) is 0 Å². The zero-order valence-corrected chi connectivity index (χ0v) is 11.5. The summed E-state index contributed by atoms with van der Waals surface area (Å²) in [6.07, 6.45) is 4.27. The highest BCUT2D eigenvalue weighted by Crippen LogP contribution is 2.06. The lowest BCUT2D eigenvalue weighted by atomic mass is 10.2. The van der Waals surface area contributed by atoms with Gasteiger partial charge in [-0.15, -0.1) is 0 Å². The monoisotopic (exact) mass is 253 g/mol. The van der Waals surface area contributed by atoms with E-state index in [9.17, 15) is 4.79 Å². The van der Waals surface area contributed by atoms with Crippen molar-refractivity contribution in [3.8, 4) is 0 Å². The van der Waals surface area contributed by atoms with Crippen LogP contribution >= 0.6 is 0 Å². The first kappa shape index (κ1) is 14.7. The Kier molecular flexibility index (Phi) is 6.43. The van der Waals surface area contributed by atoms with Crippen LogP contribution in [0.2, 0.25) is 0 Å². The molecule has 5 nitrogen and oxygen atoms in total. The Balaban J connectivity index is 2.19. The molecule has 1 N–H and O–H groups in total. The summed E-state index contributed by atoms with van der Waals surface area (Å²) in [5.41, 5.74) is 2.37. The van der Waals surface area contributed by atoms with Gasteiger partial charge >= 0.3 is 5.97 Å². The molecule has 0 saturated carbocycles. The van der Waals surface area contributed by atoms with Crippen LogP contribution in [0.4, 0.5) is 0 Å². The molecule has 0 aliphatic heterocycles. The Bertz CT molecular complexity index is 374. The third-order valence-electron chi connectivity index (χ3n) is 2.68. The molecule has 102 valence electrons. The van der Waals surface area contributed by atoms with Crippen LogP contribution < -0.4 is 5.32 Å². The quantitative estimate of drug-likeness (QED) is 0.562. The van der Waals surface area contributed by atoms with E-state index in [4.69, 9.17) is 4.74 Å². The number of carbonyl (C=O) groups excluding carboxylic acids is 1. The van der Waals surface area contributed by atoms with Crippen LogP contribution in [-0.4, -0.2) is 28.9 Å². The lowest BCUT2D eigenvalue weighted by molar-refractivity contribution is -0.143. The van der Waals surface area contributed by atoms with Gasteiger partial charge in [0.05, 0.1) is 12.3 Å². The summed E-state index contributed by atoms with van der Waals surface area (Å²) >= 11 is 0. The second-order valence-electron chi connectivity index (χ2n) is 4.21. The highest BCUT2D eigenvalue weighted by atomic mass is 16.5. The molecule has 18 heavy (non-hydrogen) atoms. The largest absolute Gasteiger partial charge is 0.466 e. The van der Waals surface area contributed by atoms with Crippen LogP contribution in [0.1, 0.15) is 37.9 Å². The van der Waals surface area contributed by atoms with Crippen molar-refractivity contribution < 1.29 is 9.53 Å². The van der Waals surface area contributed by atoms with Gasteiger partial charge in [0.1, 0.15) is 0 Å². The summed E-state index contributed by atoms with van der Waals surface area (Å²) in [5, 5.41) is 7.71. The predicted molar refractivity (Wildman–Crippen MR) is 70.2 cm³/mol. The fraction of sp³-hybridized carbons (Fsp3) is 0.692. The van der Waals surface area contributed by atoms with Crippen molar-refractivity contribution in [1.82, 2.24) is 15.1 Å². The first-order chi connectivity index (χ1) is 8.67. The van der Waals surface area contributed by atoms with E-state index in [-0.39, 0.29) is 5.97 Å². The minimum Gasteiger partial charge on any atom is -0.466 e. The van der Waals surface area contributed by atoms with Gasteiger partial charge in [0.15, 0.2) is 0 Å². The minimum atomic E-state index is -0.116. The summed E-state index contributed by atoms with van der Waals surface area (Å²) in [6.45, 7) is 6.01. The summed E-state index contributed by atoms with van der Waals surface area (Å²) in [7, 11) is 1.93. The summed E-state index contributed by atoms with van der Waals surface area (Å²) in [5.74, 6) is -0.116. The molecule has 1 aromatic heterocycles. The topological polar surface area (TPSA) is 56.1 Å². The van der Waals surface area contributed by atoms with Crippen molar-refractivity contribution in [1.29, 1.82) is 0 Å². The van der Waals surface area contributed by atoms with Crippen molar-refractivity contribution in [2.75, 3.05) is 13.2 Å². The molecule has 0 unspecified atom stereocenters. The SMILES string of the molecule is CCOC(=O)CCCNCc1cn(C)nc1CC. The van der Waals surface area contributed by atoms with Gasteiger partial charge in [-0.1, -0.05) is 6.92 Å². The number of aryl methyl sites for hydroxylation is 2. The minimum absolute atomic E-state index is 0.116. The maximum atomic E-state index is 11.1. The molecule has 1 rings (SSSR count). The number of ether oxygens (including phenoxy) is 1. The van der Waals surface area contributed by atoms with Gasteiger partial charge < -0.3 is 10.1 Å². The van der Waals surface area contributed by atoms with E-state index >= 15 is 0 Å². The standard InChI is InChI=1S/C13H23N3O2/c1-4-12-11(10-16(3)15-12)9-14-8-6-7-13(17)18-5-2/h10,14H,4-9H2,1-3H3. The van der Waals surface area contributed by atoms with Gasteiger partial charge in [0, 0.05) is 31.8 Å². The highest BCUT2D eigenvalue weighted by molar-refractivity contribution is 5.69. The molecule has 1 heterocycles. The lowest BCUT2D eigenvalue weighted by Crippen LogP contribution is -2.17. The Morgan fingerprint density at radius 3 is 2.94 bits per heavy atom. The number of hydrogen-bond donors (Lipinski definition) is 1.